The van der Waals surface area contributed by atoms with Gasteiger partial charge >= 0.3 is 0 Å². The molecule has 84 valence electrons. The highest BCUT2D eigenvalue weighted by molar-refractivity contribution is 7.91. The quantitative estimate of drug-likeness (QED) is 0.440. The van der Waals surface area contributed by atoms with Gasteiger partial charge in [-0.2, -0.15) is 0 Å². The second kappa shape index (κ2) is 8.04. The molecule has 0 aliphatic rings. The fourth-order valence-electron chi connectivity index (χ4n) is 1.37. The van der Waals surface area contributed by atoms with E-state index in [1.807, 2.05) is 0 Å². The van der Waals surface area contributed by atoms with Crippen molar-refractivity contribution in [1.29, 1.82) is 0 Å². The second-order valence-electron chi connectivity index (χ2n) is 3.67. The van der Waals surface area contributed by atoms with E-state index < -0.39 is 9.84 Å². The number of hydrogen-bond donors (Lipinski definition) is 0. The van der Waals surface area contributed by atoms with E-state index in [2.05, 4.69) is 13.5 Å². The van der Waals surface area contributed by atoms with Crippen LogP contribution in [-0.4, -0.2) is 19.9 Å². The van der Waals surface area contributed by atoms with E-state index in [0.29, 0.717) is 5.75 Å². The fourth-order valence-corrected chi connectivity index (χ4v) is 2.53. The molecule has 0 heterocycles. The molecule has 0 saturated heterocycles. The van der Waals surface area contributed by atoms with Gasteiger partial charge in [0.05, 0.1) is 11.5 Å². The van der Waals surface area contributed by atoms with Gasteiger partial charge in [0.15, 0.2) is 9.84 Å². The third-order valence-corrected chi connectivity index (χ3v) is 3.83. The molecule has 0 aromatic rings. The summed E-state index contributed by atoms with van der Waals surface area (Å²) in [6.07, 6.45) is 8.20. The normalized spacial score (nSPS) is 11.5. The molecule has 0 aromatic carbocycles. The molecule has 0 aromatic heterocycles. The Balaban J connectivity index is 3.40. The lowest BCUT2D eigenvalue weighted by Gasteiger charge is -2.01. The zero-order valence-electron chi connectivity index (χ0n) is 9.17. The summed E-state index contributed by atoms with van der Waals surface area (Å²) in [6, 6.07) is 0. The van der Waals surface area contributed by atoms with E-state index >= 15 is 0 Å². The van der Waals surface area contributed by atoms with Gasteiger partial charge in [-0.25, -0.2) is 8.42 Å². The van der Waals surface area contributed by atoms with Crippen molar-refractivity contribution in [3.63, 3.8) is 0 Å². The van der Waals surface area contributed by atoms with Crippen molar-refractivity contribution in [2.75, 3.05) is 11.5 Å². The van der Waals surface area contributed by atoms with Gasteiger partial charge in [-0.05, 0) is 6.42 Å². The van der Waals surface area contributed by atoms with Gasteiger partial charge in [0.2, 0.25) is 0 Å². The average molecular weight is 218 g/mol. The zero-order valence-corrected chi connectivity index (χ0v) is 9.98. The average Bonchev–Trinajstić information content (AvgIpc) is 2.11. The van der Waals surface area contributed by atoms with Crippen LogP contribution in [0.15, 0.2) is 12.7 Å². The van der Waals surface area contributed by atoms with E-state index in [4.69, 9.17) is 0 Å². The summed E-state index contributed by atoms with van der Waals surface area (Å²) in [5.74, 6) is 0.451. The first-order chi connectivity index (χ1) is 6.62. The third kappa shape index (κ3) is 8.30. The zero-order chi connectivity index (χ0) is 10.9. The maximum absolute atomic E-state index is 11.2. The molecule has 0 saturated carbocycles. The van der Waals surface area contributed by atoms with Gasteiger partial charge < -0.3 is 0 Å². The molecule has 2 nitrogen and oxygen atoms in total. The van der Waals surface area contributed by atoms with Crippen LogP contribution in [-0.2, 0) is 9.84 Å². The Morgan fingerprint density at radius 1 is 1.07 bits per heavy atom. The predicted molar refractivity (Wildman–Crippen MR) is 62.2 cm³/mol. The minimum atomic E-state index is -2.84. The Kier molecular flexibility index (Phi) is 7.86. The van der Waals surface area contributed by atoms with Gasteiger partial charge in [0.25, 0.3) is 0 Å². The van der Waals surface area contributed by atoms with Crippen LogP contribution in [0.1, 0.15) is 45.4 Å². The van der Waals surface area contributed by atoms with Gasteiger partial charge in [0, 0.05) is 0 Å². The smallest absolute Gasteiger partial charge is 0.153 e. The molecule has 0 radical (unpaired) electrons. The molecule has 0 bridgehead atoms. The number of unbranched alkanes of at least 4 members (excludes halogenated alkanes) is 5. The lowest BCUT2D eigenvalue weighted by atomic mass is 10.1. The van der Waals surface area contributed by atoms with Crippen LogP contribution in [0.3, 0.4) is 0 Å². The predicted octanol–water partition coefficient (Wildman–Crippen LogP) is 2.95. The SMILES string of the molecule is C=CCS(=O)(=O)CCCCCCCC. The van der Waals surface area contributed by atoms with Crippen LogP contribution in [0, 0.1) is 0 Å². The van der Waals surface area contributed by atoms with Gasteiger partial charge in [-0.1, -0.05) is 45.1 Å². The molecule has 0 atom stereocenters. The highest BCUT2D eigenvalue weighted by atomic mass is 32.2. The van der Waals surface area contributed by atoms with Crippen LogP contribution < -0.4 is 0 Å². The second-order valence-corrected chi connectivity index (χ2v) is 5.90. The first-order valence-electron chi connectivity index (χ1n) is 5.43. The van der Waals surface area contributed by atoms with Crippen LogP contribution in [0.4, 0.5) is 0 Å². The summed E-state index contributed by atoms with van der Waals surface area (Å²) in [4.78, 5) is 0. The molecular weight excluding hydrogens is 196 g/mol. The lowest BCUT2D eigenvalue weighted by molar-refractivity contribution is 0.586. The van der Waals surface area contributed by atoms with Crippen molar-refractivity contribution in [1.82, 2.24) is 0 Å². The Morgan fingerprint density at radius 3 is 2.21 bits per heavy atom. The molecule has 0 aliphatic carbocycles. The van der Waals surface area contributed by atoms with Gasteiger partial charge in [-0.3, -0.25) is 0 Å². The highest BCUT2D eigenvalue weighted by Crippen LogP contribution is 2.06. The number of rotatable bonds is 9. The molecule has 0 aliphatic heterocycles. The Morgan fingerprint density at radius 2 is 1.64 bits per heavy atom. The minimum Gasteiger partial charge on any atom is -0.229 e. The first kappa shape index (κ1) is 13.7. The largest absolute Gasteiger partial charge is 0.229 e. The third-order valence-electron chi connectivity index (χ3n) is 2.18. The Bertz CT molecular complexity index is 230. The molecule has 0 rings (SSSR count). The fraction of sp³-hybridized carbons (Fsp3) is 0.818. The first-order valence-corrected chi connectivity index (χ1v) is 7.26. The van der Waals surface area contributed by atoms with E-state index in [-0.39, 0.29) is 5.75 Å². The highest BCUT2D eigenvalue weighted by Gasteiger charge is 2.06. The van der Waals surface area contributed by atoms with E-state index in [9.17, 15) is 8.42 Å². The Labute approximate surface area is 88.3 Å². The summed E-state index contributed by atoms with van der Waals surface area (Å²) in [6.45, 7) is 5.61. The summed E-state index contributed by atoms with van der Waals surface area (Å²) in [5, 5.41) is 0. The van der Waals surface area contributed by atoms with Crippen molar-refractivity contribution in [3.05, 3.63) is 12.7 Å². The molecular formula is C11H22O2S. The maximum Gasteiger partial charge on any atom is 0.153 e. The summed E-state index contributed by atoms with van der Waals surface area (Å²) >= 11 is 0. The molecule has 0 unspecified atom stereocenters. The van der Waals surface area contributed by atoms with Crippen LogP contribution in [0.5, 0.6) is 0 Å². The van der Waals surface area contributed by atoms with Crippen molar-refractivity contribution in [2.45, 2.75) is 45.4 Å². The van der Waals surface area contributed by atoms with Crippen molar-refractivity contribution >= 4 is 9.84 Å². The van der Waals surface area contributed by atoms with Crippen LogP contribution >= 0.6 is 0 Å². The molecule has 3 heteroatoms. The standard InChI is InChI=1S/C11H22O2S/c1-3-5-6-7-8-9-11-14(12,13)10-4-2/h4H,2-3,5-11H2,1H3. The number of sulfone groups is 1. The van der Waals surface area contributed by atoms with E-state index in [0.717, 1.165) is 19.3 Å². The maximum atomic E-state index is 11.2. The number of hydrogen-bond acceptors (Lipinski definition) is 2. The lowest BCUT2D eigenvalue weighted by Crippen LogP contribution is -2.08. The van der Waals surface area contributed by atoms with Crippen molar-refractivity contribution in [3.8, 4) is 0 Å². The monoisotopic (exact) mass is 218 g/mol. The Hall–Kier alpha value is -0.310. The van der Waals surface area contributed by atoms with Crippen LogP contribution in [0.25, 0.3) is 0 Å². The van der Waals surface area contributed by atoms with Gasteiger partial charge in [0.1, 0.15) is 0 Å². The van der Waals surface area contributed by atoms with Crippen LogP contribution in [0.2, 0.25) is 0 Å². The molecule has 14 heavy (non-hydrogen) atoms. The summed E-state index contributed by atoms with van der Waals surface area (Å²) in [5.41, 5.74) is 0. The van der Waals surface area contributed by atoms with E-state index in [1.54, 1.807) is 0 Å². The van der Waals surface area contributed by atoms with E-state index in [1.165, 1.54) is 25.3 Å². The molecule has 0 fully saturated rings. The van der Waals surface area contributed by atoms with Crippen molar-refractivity contribution in [2.24, 2.45) is 0 Å². The molecule has 0 N–H and O–H groups in total. The van der Waals surface area contributed by atoms with Crippen molar-refractivity contribution < 1.29 is 8.42 Å². The molecule has 0 spiro atoms. The molecule has 0 amide bonds. The minimum absolute atomic E-state index is 0.127. The van der Waals surface area contributed by atoms with Gasteiger partial charge in [-0.15, -0.1) is 6.58 Å². The summed E-state index contributed by atoms with van der Waals surface area (Å²) in [7, 11) is -2.84. The summed E-state index contributed by atoms with van der Waals surface area (Å²) < 4.78 is 22.5. The topological polar surface area (TPSA) is 34.1 Å².